The van der Waals surface area contributed by atoms with Gasteiger partial charge in [0.2, 0.25) is 0 Å². The first-order chi connectivity index (χ1) is 6.93. The Kier molecular flexibility index (Phi) is 47.9. The van der Waals surface area contributed by atoms with Gasteiger partial charge in [-0.1, -0.05) is 0 Å². The molecule has 0 aromatic heterocycles. The van der Waals surface area contributed by atoms with Gasteiger partial charge in [-0.2, -0.15) is 50.4 Å². The summed E-state index contributed by atoms with van der Waals surface area (Å²) in [6.45, 7) is 0. The van der Waals surface area contributed by atoms with Crippen LogP contribution in [-0.2, 0) is 20.1 Å². The van der Waals surface area contributed by atoms with Crippen molar-refractivity contribution in [2.45, 2.75) is 0 Å². The van der Waals surface area contributed by atoms with Crippen LogP contribution in [-0.4, -0.2) is 0 Å². The van der Waals surface area contributed by atoms with E-state index < -0.39 is 35.4 Å². The Morgan fingerprint density at radius 2 is 0.294 bits per heavy atom. The van der Waals surface area contributed by atoms with Crippen molar-refractivity contribution in [3.63, 3.8) is 0 Å². The molecule has 0 rings (SSSR count). The van der Waals surface area contributed by atoms with Gasteiger partial charge in [-0.15, -0.1) is 0 Å². The standard InChI is InChI=1S/4F3P.Ir/c4*1-4(2)3;. The molecule has 0 N–H and O–H groups in total. The molecule has 0 aliphatic rings. The SMILES string of the molecule is FP(F)F.FP(F)F.FP(F)F.FP(F)F.[Ir]. The van der Waals surface area contributed by atoms with Crippen molar-refractivity contribution in [3.8, 4) is 0 Å². The van der Waals surface area contributed by atoms with Gasteiger partial charge in [0.25, 0.3) is 0 Å². The molecule has 17 heavy (non-hydrogen) atoms. The van der Waals surface area contributed by atoms with E-state index in [4.69, 9.17) is 0 Å². The Balaban J connectivity index is -0.0000000369. The van der Waals surface area contributed by atoms with E-state index in [2.05, 4.69) is 0 Å². The zero-order chi connectivity index (χ0) is 14.3. The predicted molar refractivity (Wildman–Crippen MR) is 41.0 cm³/mol. The number of hydrogen-bond acceptors (Lipinski definition) is 0. The first-order valence-electron chi connectivity index (χ1n) is 2.03. The number of halogens is 12. The smallest absolute Gasteiger partial charge is 0.152 e. The van der Waals surface area contributed by atoms with Crippen molar-refractivity contribution in [3.05, 3.63) is 0 Å². The molecule has 0 heterocycles. The third kappa shape index (κ3) is 1810. The minimum absolute atomic E-state index is 0. The number of rotatable bonds is 0. The van der Waals surface area contributed by atoms with E-state index >= 15 is 0 Å². The molecule has 0 aliphatic heterocycles. The predicted octanol–water partition coefficient (Wildman–Crippen LogP) is 8.48. The summed E-state index contributed by atoms with van der Waals surface area (Å²) in [6, 6.07) is 0. The van der Waals surface area contributed by atoms with Gasteiger partial charge in [0.1, 0.15) is 0 Å². The summed E-state index contributed by atoms with van der Waals surface area (Å²) in [5, 5.41) is 0. The first kappa shape index (κ1) is 31.1. The maximum atomic E-state index is 9.73. The van der Waals surface area contributed by atoms with Crippen molar-refractivity contribution in [2.75, 3.05) is 0 Å². The summed E-state index contributed by atoms with van der Waals surface area (Å²) in [5.74, 6) is 0. The van der Waals surface area contributed by atoms with Crippen LogP contribution >= 0.6 is 35.4 Å². The fraction of sp³-hybridized carbons (Fsp3) is 0. The Hall–Kier alpha value is 1.53. The van der Waals surface area contributed by atoms with Gasteiger partial charge in [-0.25, -0.2) is 0 Å². The molecule has 0 fully saturated rings. The first-order valence-corrected chi connectivity index (χ1v) is 6.09. The number of hydrogen-bond donors (Lipinski definition) is 0. The Morgan fingerprint density at radius 3 is 0.294 bits per heavy atom. The third-order valence-corrected chi connectivity index (χ3v) is 0. The van der Waals surface area contributed by atoms with Crippen LogP contribution in [0, 0.1) is 0 Å². The molecular weight excluding hydrogens is 544 g/mol. The summed E-state index contributed by atoms with van der Waals surface area (Å²) >= 11 is 0. The van der Waals surface area contributed by atoms with Gasteiger partial charge in [0.15, 0.2) is 0 Å². The van der Waals surface area contributed by atoms with Gasteiger partial charge < -0.3 is 0 Å². The summed E-state index contributed by atoms with van der Waals surface area (Å²) in [4.78, 5) is 0. The quantitative estimate of drug-likeness (QED) is 0.212. The van der Waals surface area contributed by atoms with E-state index in [0.29, 0.717) is 0 Å². The molecule has 0 aromatic carbocycles. The van der Waals surface area contributed by atoms with Crippen LogP contribution in [0.2, 0.25) is 0 Å². The molecule has 0 bridgehead atoms. The van der Waals surface area contributed by atoms with Crippen LogP contribution in [0.25, 0.3) is 0 Å². The van der Waals surface area contributed by atoms with Crippen LogP contribution < -0.4 is 0 Å². The second-order valence-electron chi connectivity index (χ2n) is 0.767. The maximum absolute atomic E-state index is 9.73. The second-order valence-corrected chi connectivity index (χ2v) is 2.30. The Labute approximate surface area is 106 Å². The minimum atomic E-state index is -4.12. The molecule has 0 aromatic rings. The van der Waals surface area contributed by atoms with Crippen LogP contribution in [0.15, 0.2) is 0 Å². The molecule has 0 saturated heterocycles. The summed E-state index contributed by atoms with van der Waals surface area (Å²) in [7, 11) is -16.5. The third-order valence-electron chi connectivity index (χ3n) is 0. The molecule has 113 valence electrons. The van der Waals surface area contributed by atoms with Crippen molar-refractivity contribution >= 4 is 35.4 Å². The molecule has 0 amide bonds. The monoisotopic (exact) mass is 545 g/mol. The Bertz CT molecular complexity index is 61.5. The molecule has 17 heteroatoms. The minimum Gasteiger partial charge on any atom is -0.152 e. The van der Waals surface area contributed by atoms with E-state index in [1.54, 1.807) is 0 Å². The molecule has 0 saturated carbocycles. The topological polar surface area (TPSA) is 0 Å². The van der Waals surface area contributed by atoms with Crippen LogP contribution in [0.5, 0.6) is 0 Å². The van der Waals surface area contributed by atoms with E-state index in [9.17, 15) is 50.4 Å². The van der Waals surface area contributed by atoms with Gasteiger partial charge >= 0.3 is 35.4 Å². The molecular formula is F12IrP4. The molecule has 0 aliphatic carbocycles. The van der Waals surface area contributed by atoms with Crippen molar-refractivity contribution < 1.29 is 70.5 Å². The van der Waals surface area contributed by atoms with Crippen LogP contribution in [0.1, 0.15) is 0 Å². The Morgan fingerprint density at radius 1 is 0.294 bits per heavy atom. The van der Waals surface area contributed by atoms with Crippen molar-refractivity contribution in [2.24, 2.45) is 0 Å². The van der Waals surface area contributed by atoms with Gasteiger partial charge in [-0.05, 0) is 0 Å². The van der Waals surface area contributed by atoms with E-state index in [-0.39, 0.29) is 20.1 Å². The fourth-order valence-electron chi connectivity index (χ4n) is 0. The second kappa shape index (κ2) is 26.2. The van der Waals surface area contributed by atoms with E-state index in [1.807, 2.05) is 0 Å². The van der Waals surface area contributed by atoms with Crippen LogP contribution in [0.3, 0.4) is 0 Å². The molecule has 0 nitrogen and oxygen atoms in total. The summed E-state index contributed by atoms with van der Waals surface area (Å²) in [6.07, 6.45) is 0. The van der Waals surface area contributed by atoms with E-state index in [0.717, 1.165) is 0 Å². The van der Waals surface area contributed by atoms with E-state index in [1.165, 1.54) is 0 Å². The molecule has 0 spiro atoms. The fourth-order valence-corrected chi connectivity index (χ4v) is 0. The summed E-state index contributed by atoms with van der Waals surface area (Å²) in [5.41, 5.74) is 0. The normalized spacial score (nSPS) is 8.47. The average molecular weight is 544 g/mol. The van der Waals surface area contributed by atoms with Crippen molar-refractivity contribution in [1.82, 2.24) is 0 Å². The summed E-state index contributed by atoms with van der Waals surface area (Å²) < 4.78 is 117. The maximum Gasteiger partial charge on any atom is 0.456 e. The largest absolute Gasteiger partial charge is 0.456 e. The van der Waals surface area contributed by atoms with Gasteiger partial charge in [-0.3, -0.25) is 0 Å². The molecule has 0 atom stereocenters. The van der Waals surface area contributed by atoms with Gasteiger partial charge in [0.05, 0.1) is 0 Å². The zero-order valence-electron chi connectivity index (χ0n) is 6.66. The molecule has 1 radical (unpaired) electrons. The average Bonchev–Trinajstić information content (AvgIpc) is 1.76. The van der Waals surface area contributed by atoms with Crippen molar-refractivity contribution in [1.29, 1.82) is 0 Å². The molecule has 0 unspecified atom stereocenters. The zero-order valence-corrected chi connectivity index (χ0v) is 12.6. The van der Waals surface area contributed by atoms with Gasteiger partial charge in [0, 0.05) is 20.1 Å². The van der Waals surface area contributed by atoms with Crippen LogP contribution in [0.4, 0.5) is 50.4 Å².